The number of non-ortho nitro benzene ring substituents is 1. The number of carbonyl (C=O) groups is 1. The molecule has 0 fully saturated rings. The van der Waals surface area contributed by atoms with E-state index in [-0.39, 0.29) is 12.2 Å². The fourth-order valence-electron chi connectivity index (χ4n) is 2.77. The van der Waals surface area contributed by atoms with Crippen molar-refractivity contribution in [3.63, 3.8) is 0 Å². The van der Waals surface area contributed by atoms with Crippen molar-refractivity contribution in [2.75, 3.05) is 14.2 Å². The maximum atomic E-state index is 12.4. The van der Waals surface area contributed by atoms with E-state index in [1.165, 1.54) is 42.7 Å². The van der Waals surface area contributed by atoms with Gasteiger partial charge in [0.15, 0.2) is 16.3 Å². The first-order valence-corrected chi connectivity index (χ1v) is 9.48. The Morgan fingerprint density at radius 1 is 1.30 bits per heavy atom. The third-order valence-corrected chi connectivity index (χ3v) is 5.18. The number of terminal acetylenes is 1. The lowest BCUT2D eigenvalue weighted by molar-refractivity contribution is -0.384. The maximum absolute atomic E-state index is 12.4. The molecule has 0 radical (unpaired) electrons. The molecule has 0 saturated heterocycles. The summed E-state index contributed by atoms with van der Waals surface area (Å²) in [7, 11) is 3.08. The molecule has 0 bridgehead atoms. The average molecular weight is 423 g/mol. The molecule has 0 aliphatic carbocycles. The Morgan fingerprint density at radius 3 is 2.70 bits per heavy atom. The Morgan fingerprint density at radius 2 is 2.03 bits per heavy atom. The van der Waals surface area contributed by atoms with Gasteiger partial charge in [0.25, 0.3) is 11.6 Å². The van der Waals surface area contributed by atoms with E-state index in [0.29, 0.717) is 21.9 Å². The summed E-state index contributed by atoms with van der Waals surface area (Å²) in [5, 5.41) is 10.9. The number of nitrogens with zero attached hydrogens (tertiary/aromatic N) is 3. The molecule has 0 unspecified atom stereocenters. The van der Waals surface area contributed by atoms with Gasteiger partial charge in [0.05, 0.1) is 35.9 Å². The van der Waals surface area contributed by atoms with Crippen LogP contribution in [0.5, 0.6) is 11.5 Å². The third kappa shape index (κ3) is 4.39. The molecular weight excluding hydrogens is 406 g/mol. The van der Waals surface area contributed by atoms with Gasteiger partial charge < -0.3 is 14.0 Å². The number of benzene rings is 2. The number of carbonyl (C=O) groups excluding carboxylic acids is 1. The largest absolute Gasteiger partial charge is 0.493 e. The molecule has 152 valence electrons. The predicted octanol–water partition coefficient (Wildman–Crippen LogP) is 3.40. The molecule has 3 aromatic rings. The van der Waals surface area contributed by atoms with Crippen LogP contribution in [0.25, 0.3) is 16.3 Å². The number of amides is 1. The third-order valence-electron chi connectivity index (χ3n) is 4.14. The van der Waals surface area contributed by atoms with Gasteiger partial charge in [-0.05, 0) is 11.6 Å². The number of hydrogen-bond acceptors (Lipinski definition) is 6. The first-order valence-electron chi connectivity index (χ1n) is 8.67. The second-order valence-corrected chi connectivity index (χ2v) is 6.99. The number of nitro benzene ring substituents is 1. The molecule has 1 aromatic heterocycles. The van der Waals surface area contributed by atoms with E-state index in [1.807, 2.05) is 0 Å². The average Bonchev–Trinajstić information content (AvgIpc) is 3.07. The minimum absolute atomic E-state index is 0.0548. The summed E-state index contributed by atoms with van der Waals surface area (Å²) < 4.78 is 13.2. The molecule has 0 N–H and O–H groups in total. The van der Waals surface area contributed by atoms with Gasteiger partial charge in [0, 0.05) is 30.3 Å². The Hall–Kier alpha value is -3.90. The lowest BCUT2D eigenvalue weighted by atomic mass is 10.2. The van der Waals surface area contributed by atoms with E-state index < -0.39 is 10.8 Å². The second-order valence-electron chi connectivity index (χ2n) is 5.99. The number of nitro groups is 1. The van der Waals surface area contributed by atoms with E-state index in [4.69, 9.17) is 15.9 Å². The van der Waals surface area contributed by atoms with Crippen LogP contribution < -0.4 is 14.3 Å². The monoisotopic (exact) mass is 423 g/mol. The Labute approximate surface area is 175 Å². The van der Waals surface area contributed by atoms with Crippen LogP contribution in [0.15, 0.2) is 47.5 Å². The van der Waals surface area contributed by atoms with Gasteiger partial charge in [-0.25, -0.2) is 0 Å². The summed E-state index contributed by atoms with van der Waals surface area (Å²) in [6.07, 6.45) is 8.22. The van der Waals surface area contributed by atoms with Gasteiger partial charge >= 0.3 is 0 Å². The van der Waals surface area contributed by atoms with Gasteiger partial charge in [-0.2, -0.15) is 4.99 Å². The van der Waals surface area contributed by atoms with Crippen molar-refractivity contribution >= 4 is 39.2 Å². The van der Waals surface area contributed by atoms with Gasteiger partial charge in [-0.1, -0.05) is 29.4 Å². The maximum Gasteiger partial charge on any atom is 0.272 e. The molecule has 9 heteroatoms. The minimum atomic E-state index is -0.516. The van der Waals surface area contributed by atoms with Gasteiger partial charge in [-0.3, -0.25) is 14.9 Å². The smallest absolute Gasteiger partial charge is 0.272 e. The summed E-state index contributed by atoms with van der Waals surface area (Å²) >= 11 is 1.29. The normalized spacial score (nSPS) is 11.6. The molecular formula is C21H17N3O5S. The summed E-state index contributed by atoms with van der Waals surface area (Å²) in [5.74, 6) is 3.14. The van der Waals surface area contributed by atoms with E-state index in [9.17, 15) is 14.9 Å². The van der Waals surface area contributed by atoms with Crippen molar-refractivity contribution in [2.45, 2.75) is 6.54 Å². The minimum Gasteiger partial charge on any atom is -0.493 e. The summed E-state index contributed by atoms with van der Waals surface area (Å²) in [4.78, 5) is 27.3. The Kier molecular flexibility index (Phi) is 6.29. The topological polar surface area (TPSA) is 96.0 Å². The van der Waals surface area contributed by atoms with Crippen molar-refractivity contribution in [1.29, 1.82) is 0 Å². The number of thiazole rings is 1. The summed E-state index contributed by atoms with van der Waals surface area (Å²) in [6.45, 7) is 0.218. The van der Waals surface area contributed by atoms with Crippen molar-refractivity contribution in [3.8, 4) is 23.8 Å². The van der Waals surface area contributed by atoms with Crippen LogP contribution in [-0.2, 0) is 11.3 Å². The zero-order valence-electron chi connectivity index (χ0n) is 16.2. The van der Waals surface area contributed by atoms with Crippen molar-refractivity contribution in [3.05, 3.63) is 63.0 Å². The molecule has 1 heterocycles. The van der Waals surface area contributed by atoms with Crippen LogP contribution in [0.4, 0.5) is 5.69 Å². The molecule has 3 rings (SSSR count). The van der Waals surface area contributed by atoms with Crippen molar-refractivity contribution in [1.82, 2.24) is 4.57 Å². The standard InChI is InChI=1S/C21H17N3O5S/c1-4-10-23-16-12-17(28-2)18(29-3)13-19(16)30-21(23)22-20(25)9-8-14-6-5-7-15(11-14)24(26)27/h1,5-9,11-13H,10H2,2-3H3. The molecule has 0 aliphatic heterocycles. The molecule has 8 nitrogen and oxygen atoms in total. The molecule has 30 heavy (non-hydrogen) atoms. The van der Waals surface area contributed by atoms with E-state index in [1.54, 1.807) is 35.9 Å². The first-order chi connectivity index (χ1) is 14.5. The number of aromatic nitrogens is 1. The SMILES string of the molecule is C#CCn1c(=NC(=O)C=Cc2cccc([N+](=O)[O-])c2)sc2cc(OC)c(OC)cc21. The highest BCUT2D eigenvalue weighted by atomic mass is 32.1. The lowest BCUT2D eigenvalue weighted by Crippen LogP contribution is -2.15. The number of rotatable bonds is 6. The lowest BCUT2D eigenvalue weighted by Gasteiger charge is -2.08. The van der Waals surface area contributed by atoms with E-state index in [0.717, 1.165) is 10.2 Å². The Balaban J connectivity index is 2.01. The number of fused-ring (bicyclic) bond motifs is 1. The fraction of sp³-hybridized carbons (Fsp3) is 0.143. The second kappa shape index (κ2) is 9.07. The quantitative estimate of drug-likeness (QED) is 0.262. The molecule has 0 atom stereocenters. The van der Waals surface area contributed by atoms with Gasteiger partial charge in [0.2, 0.25) is 0 Å². The molecule has 0 spiro atoms. The highest BCUT2D eigenvalue weighted by molar-refractivity contribution is 7.16. The molecule has 2 aromatic carbocycles. The van der Waals surface area contributed by atoms with Crippen LogP contribution in [0.1, 0.15) is 5.56 Å². The zero-order valence-corrected chi connectivity index (χ0v) is 17.0. The highest BCUT2D eigenvalue weighted by Crippen LogP contribution is 2.33. The number of hydrogen-bond donors (Lipinski definition) is 0. The van der Waals surface area contributed by atoms with Crippen LogP contribution in [0, 0.1) is 22.5 Å². The van der Waals surface area contributed by atoms with Gasteiger partial charge in [-0.15, -0.1) is 6.42 Å². The zero-order chi connectivity index (χ0) is 21.7. The summed E-state index contributed by atoms with van der Waals surface area (Å²) in [6, 6.07) is 9.55. The van der Waals surface area contributed by atoms with Gasteiger partial charge in [0.1, 0.15) is 0 Å². The van der Waals surface area contributed by atoms with Crippen LogP contribution in [0.2, 0.25) is 0 Å². The molecule has 1 amide bonds. The van der Waals surface area contributed by atoms with Crippen LogP contribution in [0.3, 0.4) is 0 Å². The Bertz CT molecular complexity index is 1260. The fourth-order valence-corrected chi connectivity index (χ4v) is 3.81. The number of ether oxygens (including phenoxy) is 2. The molecule has 0 saturated carbocycles. The first kappa shape index (κ1) is 20.8. The van der Waals surface area contributed by atoms with E-state index >= 15 is 0 Å². The van der Waals surface area contributed by atoms with Crippen molar-refractivity contribution < 1.29 is 19.2 Å². The van der Waals surface area contributed by atoms with Crippen molar-refractivity contribution in [2.24, 2.45) is 4.99 Å². The highest BCUT2D eigenvalue weighted by Gasteiger charge is 2.12. The molecule has 0 aliphatic rings. The summed E-state index contributed by atoms with van der Waals surface area (Å²) in [5.41, 5.74) is 1.24. The van der Waals surface area contributed by atoms with Crippen LogP contribution >= 0.6 is 11.3 Å². The number of methoxy groups -OCH3 is 2. The van der Waals surface area contributed by atoms with Crippen LogP contribution in [-0.4, -0.2) is 29.6 Å². The predicted molar refractivity (Wildman–Crippen MR) is 114 cm³/mol. The van der Waals surface area contributed by atoms with E-state index in [2.05, 4.69) is 10.9 Å².